The number of terminal acetylenes is 1. The van der Waals surface area contributed by atoms with E-state index in [1.165, 1.54) is 0 Å². The lowest BCUT2D eigenvalue weighted by Gasteiger charge is -2.21. The molecule has 0 unspecified atom stereocenters. The number of H-pyrrole nitrogens is 1. The number of aliphatic hydroxyl groups is 3. The lowest BCUT2D eigenvalue weighted by atomic mass is 10.1. The molecule has 4 atom stereocenters. The third-order valence-electron chi connectivity index (χ3n) is 5.38. The molecule has 0 radical (unpaired) electrons. The van der Waals surface area contributed by atoms with Crippen LogP contribution in [0.3, 0.4) is 0 Å². The van der Waals surface area contributed by atoms with E-state index in [0.29, 0.717) is 26.2 Å². The first-order valence-electron chi connectivity index (χ1n) is 9.79. The lowest BCUT2D eigenvalue weighted by Crippen LogP contribution is -2.39. The molecule has 10 nitrogen and oxygen atoms in total. The van der Waals surface area contributed by atoms with Crippen molar-refractivity contribution in [1.82, 2.24) is 35.2 Å². The van der Waals surface area contributed by atoms with Gasteiger partial charge >= 0.3 is 0 Å². The highest BCUT2D eigenvalue weighted by Gasteiger charge is 2.40. The maximum absolute atomic E-state index is 10.2. The van der Waals surface area contributed by atoms with Crippen LogP contribution >= 0.6 is 0 Å². The summed E-state index contributed by atoms with van der Waals surface area (Å²) in [4.78, 5) is 9.95. The van der Waals surface area contributed by atoms with Crippen molar-refractivity contribution in [3.05, 3.63) is 42.0 Å². The van der Waals surface area contributed by atoms with E-state index in [4.69, 9.17) is 6.42 Å². The highest BCUT2D eigenvalue weighted by Crippen LogP contribution is 2.17. The lowest BCUT2D eigenvalue weighted by molar-refractivity contribution is 0.0174. The Hall–Kier alpha value is -2.81. The monoisotopic (exact) mass is 411 g/mol. The van der Waals surface area contributed by atoms with Crippen LogP contribution in [0.4, 0.5) is 0 Å². The van der Waals surface area contributed by atoms with E-state index >= 15 is 0 Å². The fourth-order valence-corrected chi connectivity index (χ4v) is 3.83. The number of fused-ring (bicyclic) bond motifs is 1. The SMILES string of the molecule is C#CCN(Cc1nc2ccccc2[nH]1)Cc1cnnn1C[C@H]1N[C@H](CO)[C@@H](O)[C@@H]1O. The van der Waals surface area contributed by atoms with Crippen molar-refractivity contribution in [3.8, 4) is 12.3 Å². The molecule has 158 valence electrons. The second kappa shape index (κ2) is 8.91. The van der Waals surface area contributed by atoms with E-state index in [2.05, 4.69) is 31.5 Å². The molecule has 1 aromatic carbocycles. The fourth-order valence-electron chi connectivity index (χ4n) is 3.83. The van der Waals surface area contributed by atoms with Crippen LogP contribution in [0.15, 0.2) is 30.5 Å². The third-order valence-corrected chi connectivity index (χ3v) is 5.38. The van der Waals surface area contributed by atoms with Crippen molar-refractivity contribution in [1.29, 1.82) is 0 Å². The first-order chi connectivity index (χ1) is 14.6. The van der Waals surface area contributed by atoms with Gasteiger partial charge in [0.05, 0.1) is 73.5 Å². The van der Waals surface area contributed by atoms with Crippen LogP contribution in [0.25, 0.3) is 11.0 Å². The zero-order chi connectivity index (χ0) is 21.1. The van der Waals surface area contributed by atoms with Gasteiger partial charge in [-0.1, -0.05) is 23.3 Å². The summed E-state index contributed by atoms with van der Waals surface area (Å²) in [6, 6.07) is 6.81. The number of hydrogen-bond donors (Lipinski definition) is 5. The van der Waals surface area contributed by atoms with Gasteiger partial charge in [0.1, 0.15) is 5.82 Å². The van der Waals surface area contributed by atoms with Crippen LogP contribution in [0.2, 0.25) is 0 Å². The average Bonchev–Trinajstić information content (AvgIpc) is 3.42. The number of rotatable bonds is 8. The zero-order valence-corrected chi connectivity index (χ0v) is 16.4. The quantitative estimate of drug-likeness (QED) is 0.293. The number of imidazole rings is 1. The van der Waals surface area contributed by atoms with Gasteiger partial charge in [0.2, 0.25) is 0 Å². The molecule has 3 aromatic rings. The van der Waals surface area contributed by atoms with E-state index < -0.39 is 24.3 Å². The molecule has 5 N–H and O–H groups in total. The van der Waals surface area contributed by atoms with Gasteiger partial charge in [-0.2, -0.15) is 0 Å². The summed E-state index contributed by atoms with van der Waals surface area (Å²) in [5, 5.41) is 40.7. The minimum absolute atomic E-state index is 0.258. The Morgan fingerprint density at radius 3 is 2.70 bits per heavy atom. The Morgan fingerprint density at radius 1 is 1.17 bits per heavy atom. The van der Waals surface area contributed by atoms with Crippen LogP contribution in [0.5, 0.6) is 0 Å². The topological polar surface area (TPSA) is 135 Å². The van der Waals surface area contributed by atoms with Crippen LogP contribution in [0.1, 0.15) is 11.5 Å². The Bertz CT molecular complexity index is 994. The summed E-state index contributed by atoms with van der Waals surface area (Å²) < 4.78 is 1.68. The van der Waals surface area contributed by atoms with Crippen LogP contribution < -0.4 is 5.32 Å². The average molecular weight is 411 g/mol. The summed E-state index contributed by atoms with van der Waals surface area (Å²) in [5.41, 5.74) is 2.69. The maximum Gasteiger partial charge on any atom is 0.121 e. The molecule has 1 fully saturated rings. The summed E-state index contributed by atoms with van der Waals surface area (Å²) in [6.45, 7) is 1.48. The zero-order valence-electron chi connectivity index (χ0n) is 16.4. The van der Waals surface area contributed by atoms with Crippen molar-refractivity contribution in [3.63, 3.8) is 0 Å². The van der Waals surface area contributed by atoms with Gasteiger partial charge in [-0.3, -0.25) is 4.90 Å². The molecule has 0 bridgehead atoms. The molecule has 2 aromatic heterocycles. The van der Waals surface area contributed by atoms with Crippen molar-refractivity contribution < 1.29 is 15.3 Å². The van der Waals surface area contributed by atoms with Crippen molar-refractivity contribution in [2.45, 2.75) is 43.9 Å². The number of nitrogens with one attached hydrogen (secondary N) is 2. The van der Waals surface area contributed by atoms with Gasteiger partial charge in [-0.25, -0.2) is 9.67 Å². The minimum atomic E-state index is -1.03. The number of aromatic amines is 1. The number of nitrogens with zero attached hydrogens (tertiary/aromatic N) is 5. The van der Waals surface area contributed by atoms with Gasteiger partial charge in [0, 0.05) is 6.54 Å². The predicted molar refractivity (Wildman–Crippen MR) is 109 cm³/mol. The molecule has 1 aliphatic rings. The minimum Gasteiger partial charge on any atom is -0.395 e. The fraction of sp³-hybridized carbons (Fsp3) is 0.450. The number of benzene rings is 1. The van der Waals surface area contributed by atoms with Gasteiger partial charge in [-0.15, -0.1) is 11.5 Å². The Balaban J connectivity index is 1.46. The molecular weight excluding hydrogens is 386 g/mol. The second-order valence-corrected chi connectivity index (χ2v) is 7.50. The highest BCUT2D eigenvalue weighted by atomic mass is 16.3. The van der Waals surface area contributed by atoms with Gasteiger partial charge in [-0.05, 0) is 12.1 Å². The van der Waals surface area contributed by atoms with Crippen LogP contribution in [-0.4, -0.2) is 82.6 Å². The highest BCUT2D eigenvalue weighted by molar-refractivity contribution is 5.74. The van der Waals surface area contributed by atoms with Gasteiger partial charge < -0.3 is 25.6 Å². The van der Waals surface area contributed by atoms with Crippen molar-refractivity contribution in [2.24, 2.45) is 0 Å². The molecule has 0 aliphatic carbocycles. The molecular formula is C20H25N7O3. The third kappa shape index (κ3) is 4.21. The van der Waals surface area contributed by atoms with Gasteiger partial charge in [0.15, 0.2) is 0 Å². The maximum atomic E-state index is 10.2. The molecule has 0 amide bonds. The first-order valence-corrected chi connectivity index (χ1v) is 9.79. The van der Waals surface area contributed by atoms with E-state index in [1.54, 1.807) is 10.9 Å². The van der Waals surface area contributed by atoms with Crippen molar-refractivity contribution in [2.75, 3.05) is 13.2 Å². The molecule has 3 heterocycles. The molecule has 0 spiro atoms. The summed E-state index contributed by atoms with van der Waals surface area (Å²) in [7, 11) is 0. The summed E-state index contributed by atoms with van der Waals surface area (Å²) >= 11 is 0. The first kappa shape index (κ1) is 20.5. The number of hydrogen-bond acceptors (Lipinski definition) is 8. The number of aromatic nitrogens is 5. The Kier molecular flexibility index (Phi) is 6.08. The van der Waals surface area contributed by atoms with Gasteiger partial charge in [0.25, 0.3) is 0 Å². The Morgan fingerprint density at radius 2 is 1.97 bits per heavy atom. The standard InChI is InChI=1S/C20H25N7O3/c1-2-7-26(11-18-23-14-5-3-4-6-15(14)24-18)9-13-8-21-25-27(13)10-16-19(29)20(30)17(12-28)22-16/h1,3-6,8,16-17,19-20,22,28-30H,7,9-12H2,(H,23,24)/t16-,17-,19-,20-/m1/s1. The number of para-hydroxylation sites is 2. The normalized spacial score (nSPS) is 24.0. The van der Waals surface area contributed by atoms with E-state index in [9.17, 15) is 15.3 Å². The Labute approximate surface area is 173 Å². The summed E-state index contributed by atoms with van der Waals surface area (Å²) in [6.07, 6.45) is 5.19. The van der Waals surface area contributed by atoms with E-state index in [-0.39, 0.29) is 6.61 Å². The van der Waals surface area contributed by atoms with Crippen LogP contribution in [-0.2, 0) is 19.6 Å². The molecule has 0 saturated carbocycles. The largest absolute Gasteiger partial charge is 0.395 e. The summed E-state index contributed by atoms with van der Waals surface area (Å²) in [5.74, 6) is 3.49. The number of aliphatic hydroxyl groups excluding tert-OH is 3. The van der Waals surface area contributed by atoms with E-state index in [1.807, 2.05) is 29.2 Å². The molecule has 1 aliphatic heterocycles. The molecule has 10 heteroatoms. The molecule has 30 heavy (non-hydrogen) atoms. The molecule has 4 rings (SSSR count). The second-order valence-electron chi connectivity index (χ2n) is 7.50. The predicted octanol–water partition coefficient (Wildman–Crippen LogP) is -1.16. The molecule has 1 saturated heterocycles. The van der Waals surface area contributed by atoms with Crippen LogP contribution in [0, 0.1) is 12.3 Å². The smallest absolute Gasteiger partial charge is 0.121 e. The van der Waals surface area contributed by atoms with E-state index in [0.717, 1.165) is 22.6 Å². The van der Waals surface area contributed by atoms with Crippen molar-refractivity contribution >= 4 is 11.0 Å².